The lowest BCUT2D eigenvalue weighted by Gasteiger charge is -2.23. The molecule has 0 aliphatic heterocycles. The highest BCUT2D eigenvalue weighted by molar-refractivity contribution is 5.50. The number of anilines is 1. The van der Waals surface area contributed by atoms with Crippen molar-refractivity contribution in [1.29, 1.82) is 5.26 Å². The summed E-state index contributed by atoms with van der Waals surface area (Å²) in [5.41, 5.74) is 3.67. The van der Waals surface area contributed by atoms with Gasteiger partial charge in [-0.1, -0.05) is 13.0 Å². The summed E-state index contributed by atoms with van der Waals surface area (Å²) in [4.78, 5) is 2.12. The third-order valence-electron chi connectivity index (χ3n) is 2.71. The van der Waals surface area contributed by atoms with Crippen LogP contribution in [0.1, 0.15) is 18.1 Å². The van der Waals surface area contributed by atoms with Crippen LogP contribution in [-0.4, -0.2) is 26.2 Å². The van der Waals surface area contributed by atoms with Gasteiger partial charge in [0.05, 0.1) is 6.07 Å². The van der Waals surface area contributed by atoms with E-state index in [-0.39, 0.29) is 6.04 Å². The van der Waals surface area contributed by atoms with Gasteiger partial charge in [-0.3, -0.25) is 0 Å². The zero-order valence-electron chi connectivity index (χ0n) is 11.1. The molecule has 0 amide bonds. The minimum absolute atomic E-state index is 0.120. The molecule has 17 heavy (non-hydrogen) atoms. The Kier molecular flexibility index (Phi) is 4.99. The Hall–Kier alpha value is -1.53. The van der Waals surface area contributed by atoms with Crippen molar-refractivity contribution >= 4 is 5.69 Å². The summed E-state index contributed by atoms with van der Waals surface area (Å²) < 4.78 is 0. The molecule has 0 aliphatic carbocycles. The fourth-order valence-electron chi connectivity index (χ4n) is 1.95. The van der Waals surface area contributed by atoms with Gasteiger partial charge in [-0.2, -0.15) is 5.26 Å². The lowest BCUT2D eigenvalue weighted by molar-refractivity contribution is 0.618. The summed E-state index contributed by atoms with van der Waals surface area (Å²) in [6.45, 7) is 7.72. The first kappa shape index (κ1) is 13.5. The largest absolute Gasteiger partial charge is 0.372 e. The molecular weight excluding hydrogens is 210 g/mol. The first-order chi connectivity index (χ1) is 8.06. The Balaban J connectivity index is 2.75. The third kappa shape index (κ3) is 4.08. The Bertz CT molecular complexity index is 386. The number of nitrogens with zero attached hydrogens (tertiary/aromatic N) is 2. The summed E-state index contributed by atoms with van der Waals surface area (Å²) in [5.74, 6) is 0. The lowest BCUT2D eigenvalue weighted by Crippen LogP contribution is -2.38. The van der Waals surface area contributed by atoms with Crippen LogP contribution in [0.25, 0.3) is 0 Å². The molecule has 0 radical (unpaired) electrons. The molecule has 3 nitrogen and oxygen atoms in total. The van der Waals surface area contributed by atoms with Gasteiger partial charge in [-0.25, -0.2) is 0 Å². The molecule has 3 heteroatoms. The smallest absolute Gasteiger partial charge is 0.113 e. The molecule has 0 saturated carbocycles. The number of likely N-dealkylation sites (N-methyl/N-ethyl adjacent to an activating group) is 2. The summed E-state index contributed by atoms with van der Waals surface area (Å²) in [7, 11) is 2.02. The van der Waals surface area contributed by atoms with Gasteiger partial charge >= 0.3 is 0 Å². The lowest BCUT2D eigenvalue weighted by atomic mass is 10.1. The van der Waals surface area contributed by atoms with Crippen LogP contribution in [0.5, 0.6) is 0 Å². The molecular formula is C14H21N3. The molecule has 1 rings (SSSR count). The monoisotopic (exact) mass is 231 g/mol. The van der Waals surface area contributed by atoms with E-state index < -0.39 is 0 Å². The van der Waals surface area contributed by atoms with E-state index in [1.807, 2.05) is 14.0 Å². The quantitative estimate of drug-likeness (QED) is 0.844. The van der Waals surface area contributed by atoms with E-state index >= 15 is 0 Å². The maximum atomic E-state index is 9.02. The molecule has 1 aromatic carbocycles. The van der Waals surface area contributed by atoms with E-state index in [4.69, 9.17) is 5.26 Å². The third-order valence-corrected chi connectivity index (χ3v) is 2.71. The number of hydrogen-bond donors (Lipinski definition) is 1. The summed E-state index contributed by atoms with van der Waals surface area (Å²) in [6.07, 6.45) is 0. The van der Waals surface area contributed by atoms with Gasteiger partial charge in [0.15, 0.2) is 0 Å². The van der Waals surface area contributed by atoms with Gasteiger partial charge in [0.25, 0.3) is 0 Å². The highest BCUT2D eigenvalue weighted by atomic mass is 15.1. The fraction of sp³-hybridized carbons (Fsp3) is 0.500. The SMILES string of the molecule is CCNC(C#N)CN(C)c1cc(C)cc(C)c1. The molecule has 92 valence electrons. The highest BCUT2D eigenvalue weighted by Crippen LogP contribution is 2.17. The second-order valence-corrected chi connectivity index (χ2v) is 4.47. The molecule has 0 heterocycles. The van der Waals surface area contributed by atoms with Crippen LogP contribution < -0.4 is 10.2 Å². The normalized spacial score (nSPS) is 11.9. The molecule has 1 aromatic rings. The number of nitriles is 1. The second-order valence-electron chi connectivity index (χ2n) is 4.47. The fourth-order valence-corrected chi connectivity index (χ4v) is 1.95. The molecule has 1 unspecified atom stereocenters. The van der Waals surface area contributed by atoms with Gasteiger partial charge in [0.2, 0.25) is 0 Å². The number of hydrogen-bond acceptors (Lipinski definition) is 3. The predicted octanol–water partition coefficient (Wildman–Crippen LogP) is 2.24. The Morgan fingerprint density at radius 1 is 1.29 bits per heavy atom. The predicted molar refractivity (Wildman–Crippen MR) is 72.3 cm³/mol. The molecule has 1 atom stereocenters. The van der Waals surface area contributed by atoms with Crippen LogP contribution in [-0.2, 0) is 0 Å². The van der Waals surface area contributed by atoms with E-state index in [1.54, 1.807) is 0 Å². The van der Waals surface area contributed by atoms with E-state index in [0.29, 0.717) is 6.54 Å². The van der Waals surface area contributed by atoms with Gasteiger partial charge in [0.1, 0.15) is 6.04 Å². The minimum Gasteiger partial charge on any atom is -0.372 e. The van der Waals surface area contributed by atoms with Crippen molar-refractivity contribution in [2.75, 3.05) is 25.0 Å². The Morgan fingerprint density at radius 2 is 1.88 bits per heavy atom. The van der Waals surface area contributed by atoms with Crippen molar-refractivity contribution in [3.05, 3.63) is 29.3 Å². The van der Waals surface area contributed by atoms with Crippen molar-refractivity contribution < 1.29 is 0 Å². The van der Waals surface area contributed by atoms with E-state index in [9.17, 15) is 0 Å². The van der Waals surface area contributed by atoms with Crippen molar-refractivity contribution in [1.82, 2.24) is 5.32 Å². The minimum atomic E-state index is -0.120. The molecule has 1 N–H and O–H groups in total. The van der Waals surface area contributed by atoms with Crippen molar-refractivity contribution in [3.63, 3.8) is 0 Å². The Labute approximate surface area is 104 Å². The molecule has 0 aromatic heterocycles. The average Bonchev–Trinajstić information content (AvgIpc) is 2.27. The van der Waals surface area contributed by atoms with Crippen molar-refractivity contribution in [2.45, 2.75) is 26.8 Å². The van der Waals surface area contributed by atoms with Crippen LogP contribution in [0.2, 0.25) is 0 Å². The molecule has 0 spiro atoms. The maximum absolute atomic E-state index is 9.02. The van der Waals surface area contributed by atoms with Crippen LogP contribution in [0.4, 0.5) is 5.69 Å². The van der Waals surface area contributed by atoms with Crippen molar-refractivity contribution in [2.24, 2.45) is 0 Å². The zero-order chi connectivity index (χ0) is 12.8. The number of nitrogens with one attached hydrogen (secondary N) is 1. The first-order valence-corrected chi connectivity index (χ1v) is 5.99. The number of benzene rings is 1. The maximum Gasteiger partial charge on any atom is 0.113 e. The van der Waals surface area contributed by atoms with Gasteiger partial charge in [-0.05, 0) is 43.7 Å². The molecule has 0 aliphatic rings. The first-order valence-electron chi connectivity index (χ1n) is 5.99. The molecule has 0 fully saturated rings. The standard InChI is InChI=1S/C14H21N3/c1-5-16-13(9-15)10-17(4)14-7-11(2)6-12(3)8-14/h6-8,13,16H,5,10H2,1-4H3. The van der Waals surface area contributed by atoms with E-state index in [2.05, 4.69) is 48.3 Å². The highest BCUT2D eigenvalue weighted by Gasteiger charge is 2.10. The zero-order valence-corrected chi connectivity index (χ0v) is 11.1. The average molecular weight is 231 g/mol. The van der Waals surface area contributed by atoms with Gasteiger partial charge in [0, 0.05) is 19.3 Å². The summed E-state index contributed by atoms with van der Waals surface area (Å²) in [5, 5.41) is 12.2. The summed E-state index contributed by atoms with van der Waals surface area (Å²) >= 11 is 0. The van der Waals surface area contributed by atoms with Crippen LogP contribution >= 0.6 is 0 Å². The van der Waals surface area contributed by atoms with Crippen LogP contribution in [0.15, 0.2) is 18.2 Å². The topological polar surface area (TPSA) is 39.1 Å². The number of rotatable bonds is 5. The van der Waals surface area contributed by atoms with Gasteiger partial charge in [-0.15, -0.1) is 0 Å². The van der Waals surface area contributed by atoms with E-state index in [1.165, 1.54) is 16.8 Å². The van der Waals surface area contributed by atoms with Crippen LogP contribution in [0, 0.1) is 25.2 Å². The van der Waals surface area contributed by atoms with E-state index in [0.717, 1.165) is 6.54 Å². The second kappa shape index (κ2) is 6.27. The summed E-state index contributed by atoms with van der Waals surface area (Å²) in [6, 6.07) is 8.61. The molecule has 0 bridgehead atoms. The Morgan fingerprint density at radius 3 is 2.35 bits per heavy atom. The molecule has 0 saturated heterocycles. The number of aryl methyl sites for hydroxylation is 2. The van der Waals surface area contributed by atoms with Crippen molar-refractivity contribution in [3.8, 4) is 6.07 Å². The van der Waals surface area contributed by atoms with Crippen LogP contribution in [0.3, 0.4) is 0 Å². The van der Waals surface area contributed by atoms with Gasteiger partial charge < -0.3 is 10.2 Å².